The summed E-state index contributed by atoms with van der Waals surface area (Å²) in [6, 6.07) is 5.15. The monoisotopic (exact) mass is 280 g/mol. The van der Waals surface area contributed by atoms with Crippen LogP contribution in [0.2, 0.25) is 0 Å². The van der Waals surface area contributed by atoms with Crippen LogP contribution in [0.4, 0.5) is 5.69 Å². The molecule has 1 aliphatic rings. The summed E-state index contributed by atoms with van der Waals surface area (Å²) in [6.45, 7) is 0. The Morgan fingerprint density at radius 2 is 1.95 bits per heavy atom. The number of nitro benzene ring substituents is 1. The van der Waals surface area contributed by atoms with Crippen molar-refractivity contribution in [2.75, 3.05) is 0 Å². The van der Waals surface area contributed by atoms with Gasteiger partial charge in [-0.3, -0.25) is 10.1 Å². The number of nitro groups is 1. The third kappa shape index (κ3) is 2.44. The molecule has 0 heterocycles. The zero-order chi connectivity index (χ0) is 14.0. The van der Waals surface area contributed by atoms with Crippen molar-refractivity contribution >= 4 is 15.5 Å². The zero-order valence-corrected chi connectivity index (χ0v) is 10.9. The summed E-state index contributed by atoms with van der Waals surface area (Å²) in [6.07, 6.45) is 2.91. The van der Waals surface area contributed by atoms with Crippen molar-refractivity contribution in [2.45, 2.75) is 35.8 Å². The van der Waals surface area contributed by atoms with Gasteiger partial charge in [0.1, 0.15) is 11.6 Å². The third-order valence-corrected chi connectivity index (χ3v) is 5.62. The maximum atomic E-state index is 12.3. The van der Waals surface area contributed by atoms with Crippen molar-refractivity contribution < 1.29 is 13.3 Å². The molecule has 0 unspecified atom stereocenters. The summed E-state index contributed by atoms with van der Waals surface area (Å²) in [4.78, 5) is 10.0. The number of nitriles is 1. The second-order valence-corrected chi connectivity index (χ2v) is 6.73. The van der Waals surface area contributed by atoms with Gasteiger partial charge in [-0.1, -0.05) is 12.8 Å². The Kier molecular flexibility index (Phi) is 3.53. The predicted octanol–water partition coefficient (Wildman–Crippen LogP) is 2.18. The average Bonchev–Trinajstić information content (AvgIpc) is 2.92. The van der Waals surface area contributed by atoms with E-state index in [4.69, 9.17) is 5.26 Å². The SMILES string of the molecule is N#Cc1ccc(S(=O)(=O)C2CCCC2)cc1[N+](=O)[O-]. The van der Waals surface area contributed by atoms with E-state index in [1.165, 1.54) is 12.1 Å². The highest BCUT2D eigenvalue weighted by Crippen LogP contribution is 2.31. The van der Waals surface area contributed by atoms with Gasteiger partial charge < -0.3 is 0 Å². The van der Waals surface area contributed by atoms with Crippen molar-refractivity contribution in [1.82, 2.24) is 0 Å². The molecule has 1 saturated carbocycles. The van der Waals surface area contributed by atoms with E-state index in [1.807, 2.05) is 0 Å². The average molecular weight is 280 g/mol. The lowest BCUT2D eigenvalue weighted by atomic mass is 10.2. The minimum Gasteiger partial charge on any atom is -0.258 e. The van der Waals surface area contributed by atoms with Crippen molar-refractivity contribution in [3.8, 4) is 6.07 Å². The molecule has 0 atom stereocenters. The molecule has 7 heteroatoms. The fraction of sp³-hybridized carbons (Fsp3) is 0.417. The number of benzene rings is 1. The fourth-order valence-corrected chi connectivity index (χ4v) is 4.20. The maximum Gasteiger partial charge on any atom is 0.288 e. The highest BCUT2D eigenvalue weighted by atomic mass is 32.2. The molecule has 1 aromatic rings. The normalized spacial score (nSPS) is 16.2. The lowest BCUT2D eigenvalue weighted by Crippen LogP contribution is -2.18. The molecule has 1 aromatic carbocycles. The summed E-state index contributed by atoms with van der Waals surface area (Å²) in [7, 11) is -3.53. The zero-order valence-electron chi connectivity index (χ0n) is 10.1. The van der Waals surface area contributed by atoms with Crippen LogP contribution in [0.25, 0.3) is 0 Å². The largest absolute Gasteiger partial charge is 0.288 e. The minimum atomic E-state index is -3.53. The van der Waals surface area contributed by atoms with Crippen molar-refractivity contribution in [3.05, 3.63) is 33.9 Å². The van der Waals surface area contributed by atoms with Crippen molar-refractivity contribution in [1.29, 1.82) is 5.26 Å². The first kappa shape index (κ1) is 13.5. The molecule has 1 fully saturated rings. The summed E-state index contributed by atoms with van der Waals surface area (Å²) in [5, 5.41) is 19.2. The lowest BCUT2D eigenvalue weighted by Gasteiger charge is -2.10. The smallest absolute Gasteiger partial charge is 0.258 e. The minimum absolute atomic E-state index is 0.0647. The van der Waals surface area contributed by atoms with Gasteiger partial charge in [-0.15, -0.1) is 0 Å². The first-order chi connectivity index (χ1) is 8.96. The highest BCUT2D eigenvalue weighted by molar-refractivity contribution is 7.92. The lowest BCUT2D eigenvalue weighted by molar-refractivity contribution is -0.385. The number of hydrogen-bond donors (Lipinski definition) is 0. The molecule has 1 aliphatic carbocycles. The second kappa shape index (κ2) is 4.97. The Hall–Kier alpha value is -1.94. The molecule has 0 spiro atoms. The van der Waals surface area contributed by atoms with Gasteiger partial charge in [0.05, 0.1) is 15.1 Å². The number of sulfone groups is 1. The van der Waals surface area contributed by atoms with Gasteiger partial charge in [0.25, 0.3) is 5.69 Å². The Morgan fingerprint density at radius 3 is 2.47 bits per heavy atom. The van der Waals surface area contributed by atoms with E-state index in [1.54, 1.807) is 6.07 Å². The van der Waals surface area contributed by atoms with E-state index in [2.05, 4.69) is 0 Å². The number of rotatable bonds is 3. The summed E-state index contributed by atoms with van der Waals surface area (Å²) in [5.41, 5.74) is -0.586. The van der Waals surface area contributed by atoms with Gasteiger partial charge in [0.2, 0.25) is 0 Å². The van der Waals surface area contributed by atoms with Crippen LogP contribution in [0.5, 0.6) is 0 Å². The quantitative estimate of drug-likeness (QED) is 0.623. The molecule has 19 heavy (non-hydrogen) atoms. The van der Waals surface area contributed by atoms with Crippen LogP contribution in [0.3, 0.4) is 0 Å². The summed E-state index contributed by atoms with van der Waals surface area (Å²) < 4.78 is 24.6. The van der Waals surface area contributed by atoms with Gasteiger partial charge >= 0.3 is 0 Å². The van der Waals surface area contributed by atoms with E-state index < -0.39 is 25.7 Å². The molecule has 6 nitrogen and oxygen atoms in total. The molecule has 0 saturated heterocycles. The molecule has 0 N–H and O–H groups in total. The highest BCUT2D eigenvalue weighted by Gasteiger charge is 2.31. The molecule has 0 radical (unpaired) electrons. The van der Waals surface area contributed by atoms with E-state index in [0.29, 0.717) is 12.8 Å². The van der Waals surface area contributed by atoms with Gasteiger partial charge in [-0.2, -0.15) is 5.26 Å². The van der Waals surface area contributed by atoms with Crippen LogP contribution in [-0.4, -0.2) is 18.6 Å². The first-order valence-electron chi connectivity index (χ1n) is 5.89. The molecule has 100 valence electrons. The van der Waals surface area contributed by atoms with Gasteiger partial charge in [0, 0.05) is 6.07 Å². The first-order valence-corrected chi connectivity index (χ1v) is 7.44. The summed E-state index contributed by atoms with van der Waals surface area (Å²) in [5.74, 6) is 0. The van der Waals surface area contributed by atoms with E-state index in [9.17, 15) is 18.5 Å². The van der Waals surface area contributed by atoms with Crippen LogP contribution in [0, 0.1) is 21.4 Å². The molecular formula is C12H12N2O4S. The molecule has 0 aliphatic heterocycles. The topological polar surface area (TPSA) is 101 Å². The van der Waals surface area contributed by atoms with Crippen LogP contribution in [0.15, 0.2) is 23.1 Å². The maximum absolute atomic E-state index is 12.3. The Labute approximate surface area is 110 Å². The Bertz CT molecular complexity index is 655. The van der Waals surface area contributed by atoms with Crippen molar-refractivity contribution in [2.24, 2.45) is 0 Å². The van der Waals surface area contributed by atoms with Gasteiger partial charge in [-0.05, 0) is 25.0 Å². The van der Waals surface area contributed by atoms with Crippen LogP contribution >= 0.6 is 0 Å². The summed E-state index contributed by atoms with van der Waals surface area (Å²) >= 11 is 0. The van der Waals surface area contributed by atoms with E-state index >= 15 is 0 Å². The number of hydrogen-bond acceptors (Lipinski definition) is 5. The van der Waals surface area contributed by atoms with Crippen LogP contribution in [0.1, 0.15) is 31.2 Å². The molecule has 2 rings (SSSR count). The van der Waals surface area contributed by atoms with E-state index in [-0.39, 0.29) is 10.5 Å². The molecular weight excluding hydrogens is 268 g/mol. The Morgan fingerprint density at radius 1 is 1.32 bits per heavy atom. The third-order valence-electron chi connectivity index (χ3n) is 3.36. The number of nitrogens with zero attached hydrogens (tertiary/aromatic N) is 2. The van der Waals surface area contributed by atoms with Gasteiger partial charge in [0.15, 0.2) is 9.84 Å². The van der Waals surface area contributed by atoms with Crippen LogP contribution < -0.4 is 0 Å². The molecule has 0 amide bonds. The predicted molar refractivity (Wildman–Crippen MR) is 67.3 cm³/mol. The van der Waals surface area contributed by atoms with Crippen LogP contribution in [-0.2, 0) is 9.84 Å². The fourth-order valence-electron chi connectivity index (χ4n) is 2.33. The van der Waals surface area contributed by atoms with Gasteiger partial charge in [-0.25, -0.2) is 8.42 Å². The molecule has 0 bridgehead atoms. The molecule has 0 aromatic heterocycles. The second-order valence-electron chi connectivity index (χ2n) is 4.50. The Balaban J connectivity index is 2.49. The van der Waals surface area contributed by atoms with Crippen molar-refractivity contribution in [3.63, 3.8) is 0 Å². The standard InChI is InChI=1S/C12H12N2O4S/c13-8-9-5-6-11(7-12(9)14(15)16)19(17,18)10-3-1-2-4-10/h5-7,10H,1-4H2. The van der Waals surface area contributed by atoms with E-state index in [0.717, 1.165) is 18.9 Å².